The Labute approximate surface area is 249 Å². The lowest BCUT2D eigenvalue weighted by molar-refractivity contribution is -0.198. The Kier molecular flexibility index (Phi) is 16.1. The van der Waals surface area contributed by atoms with E-state index >= 15 is 0 Å². The zero-order chi connectivity index (χ0) is 31.8. The van der Waals surface area contributed by atoms with Crippen molar-refractivity contribution in [1.29, 1.82) is 0 Å². The molecule has 3 fully saturated rings. The highest BCUT2D eigenvalue weighted by Gasteiger charge is 2.34. The summed E-state index contributed by atoms with van der Waals surface area (Å²) in [7, 11) is 0. The maximum Gasteiger partial charge on any atom is 0.333 e. The lowest BCUT2D eigenvalue weighted by Crippen LogP contribution is -2.32. The molecule has 0 atom stereocenters. The second kappa shape index (κ2) is 18.6. The average Bonchev–Trinajstić information content (AvgIpc) is 3.52. The van der Waals surface area contributed by atoms with Crippen LogP contribution in [0.4, 0.5) is 0 Å². The first-order valence-electron chi connectivity index (χ1n) is 12.8. The Hall–Kier alpha value is -3.76. The maximum absolute atomic E-state index is 11.5. The van der Waals surface area contributed by atoms with Crippen LogP contribution in [0.5, 0.6) is 0 Å². The summed E-state index contributed by atoms with van der Waals surface area (Å²) in [5, 5.41) is 8.77. The zero-order valence-electron chi connectivity index (χ0n) is 22.3. The Morgan fingerprint density at radius 3 is 1.02 bits per heavy atom. The summed E-state index contributed by atoms with van der Waals surface area (Å²) in [4.78, 5) is 118. The standard InChI is InChI=1S/C14H16N2O8.C6H8Cl2O2.C4H5NO3/c17-9-5-6-10(18)15(9)23-13(21)3-1-2-4-14(22)24-16-11(19)7-8-12(16)20;7-5(9)3-1-2-4-6(8)10;6-3-1-2-4(7)5(3)8/h1-8H2;1-4H2;8H,1-2H2. The van der Waals surface area contributed by atoms with Gasteiger partial charge in [0.05, 0.1) is 0 Å². The van der Waals surface area contributed by atoms with Crippen LogP contribution in [-0.2, 0) is 57.6 Å². The molecule has 0 aromatic heterocycles. The number of unbranched alkanes of at least 4 members (excludes halogenated alkanes) is 2. The molecule has 0 saturated carbocycles. The third-order valence-electron chi connectivity index (χ3n) is 5.43. The SMILES string of the molecule is O=C(CCCCC(=O)ON1C(=O)CCC1=O)ON1C(=O)CCC1=O.O=C(Cl)CCCCC(=O)Cl.O=C1CCC(=O)N1O. The smallest absolute Gasteiger partial charge is 0.330 e. The van der Waals surface area contributed by atoms with Gasteiger partial charge in [-0.3, -0.25) is 43.6 Å². The molecule has 232 valence electrons. The van der Waals surface area contributed by atoms with Crippen molar-refractivity contribution < 1.29 is 62.8 Å². The molecule has 1 N–H and O–H groups in total. The van der Waals surface area contributed by atoms with Crippen molar-refractivity contribution in [3.8, 4) is 0 Å². The summed E-state index contributed by atoms with van der Waals surface area (Å²) >= 11 is 10.1. The number of carbonyl (C=O) groups excluding carboxylic acids is 10. The molecule has 0 bridgehead atoms. The fourth-order valence-corrected chi connectivity index (χ4v) is 3.51. The first-order valence-corrected chi connectivity index (χ1v) is 13.5. The van der Waals surface area contributed by atoms with Crippen LogP contribution in [0.15, 0.2) is 0 Å². The number of amides is 6. The second-order valence-electron chi connectivity index (χ2n) is 8.81. The normalized spacial score (nSPS) is 16.2. The van der Waals surface area contributed by atoms with Crippen molar-refractivity contribution in [1.82, 2.24) is 15.2 Å². The summed E-state index contributed by atoms with van der Waals surface area (Å²) in [6.45, 7) is 0. The molecular weight excluding hydrogens is 609 g/mol. The molecule has 3 saturated heterocycles. The highest BCUT2D eigenvalue weighted by Crippen LogP contribution is 2.15. The Morgan fingerprint density at radius 1 is 0.524 bits per heavy atom. The molecular formula is C24H29Cl2N3O13. The summed E-state index contributed by atoms with van der Waals surface area (Å²) in [5.41, 5.74) is 0. The van der Waals surface area contributed by atoms with Crippen LogP contribution >= 0.6 is 23.2 Å². The van der Waals surface area contributed by atoms with Gasteiger partial charge in [-0.05, 0) is 48.9 Å². The fraction of sp³-hybridized carbons (Fsp3) is 0.583. The van der Waals surface area contributed by atoms with E-state index in [0.29, 0.717) is 35.8 Å². The second-order valence-corrected chi connectivity index (χ2v) is 9.66. The Balaban J connectivity index is 0.000000400. The van der Waals surface area contributed by atoms with Gasteiger partial charge in [-0.15, -0.1) is 10.1 Å². The molecule has 0 aromatic carbocycles. The van der Waals surface area contributed by atoms with E-state index in [1.807, 2.05) is 0 Å². The number of hydrogen-bond donors (Lipinski definition) is 1. The zero-order valence-corrected chi connectivity index (χ0v) is 23.9. The van der Waals surface area contributed by atoms with Gasteiger partial charge in [0.15, 0.2) is 0 Å². The minimum atomic E-state index is -0.753. The minimum absolute atomic E-state index is 0.0197. The van der Waals surface area contributed by atoms with Crippen LogP contribution < -0.4 is 0 Å². The Bertz CT molecular complexity index is 995. The molecule has 18 heteroatoms. The van der Waals surface area contributed by atoms with Gasteiger partial charge in [-0.1, -0.05) is 0 Å². The van der Waals surface area contributed by atoms with Gasteiger partial charge in [0, 0.05) is 64.2 Å². The van der Waals surface area contributed by atoms with Crippen LogP contribution in [0, 0.1) is 0 Å². The minimum Gasteiger partial charge on any atom is -0.330 e. The van der Waals surface area contributed by atoms with Gasteiger partial charge in [-0.25, -0.2) is 9.59 Å². The largest absolute Gasteiger partial charge is 0.333 e. The van der Waals surface area contributed by atoms with Crippen molar-refractivity contribution in [2.75, 3.05) is 0 Å². The molecule has 3 rings (SSSR count). The molecule has 0 unspecified atom stereocenters. The van der Waals surface area contributed by atoms with Crippen LogP contribution in [0.2, 0.25) is 0 Å². The van der Waals surface area contributed by atoms with Crippen molar-refractivity contribution in [3.63, 3.8) is 0 Å². The van der Waals surface area contributed by atoms with Crippen molar-refractivity contribution in [3.05, 3.63) is 0 Å². The van der Waals surface area contributed by atoms with Gasteiger partial charge in [0.2, 0.25) is 10.5 Å². The van der Waals surface area contributed by atoms with Crippen LogP contribution in [0.3, 0.4) is 0 Å². The predicted octanol–water partition coefficient (Wildman–Crippen LogP) is 1.36. The van der Waals surface area contributed by atoms with E-state index in [1.165, 1.54) is 0 Å². The number of carbonyl (C=O) groups is 10. The molecule has 3 aliphatic rings. The maximum atomic E-state index is 11.5. The number of rotatable bonds is 12. The number of hydrogen-bond acceptors (Lipinski definition) is 13. The van der Waals surface area contributed by atoms with E-state index in [2.05, 4.69) is 9.68 Å². The summed E-state index contributed by atoms with van der Waals surface area (Å²) in [5.74, 6) is -4.75. The third kappa shape index (κ3) is 13.7. The third-order valence-corrected chi connectivity index (χ3v) is 5.81. The molecule has 3 aliphatic heterocycles. The average molecular weight is 638 g/mol. The Morgan fingerprint density at radius 2 is 0.786 bits per heavy atom. The van der Waals surface area contributed by atoms with E-state index in [0.717, 1.165) is 0 Å². The molecule has 0 radical (unpaired) electrons. The molecule has 0 spiro atoms. The molecule has 3 heterocycles. The lowest BCUT2D eigenvalue weighted by atomic mass is 10.2. The van der Waals surface area contributed by atoms with Crippen LogP contribution in [0.25, 0.3) is 0 Å². The topological polar surface area (TPSA) is 219 Å². The van der Waals surface area contributed by atoms with Gasteiger partial charge < -0.3 is 9.68 Å². The molecule has 6 amide bonds. The van der Waals surface area contributed by atoms with Gasteiger partial charge in [-0.2, -0.15) is 5.06 Å². The van der Waals surface area contributed by atoms with E-state index in [9.17, 15) is 47.9 Å². The van der Waals surface area contributed by atoms with Crippen molar-refractivity contribution in [2.24, 2.45) is 0 Å². The molecule has 42 heavy (non-hydrogen) atoms. The van der Waals surface area contributed by atoms with Crippen LogP contribution in [-0.4, -0.2) is 78.3 Å². The predicted molar refractivity (Wildman–Crippen MR) is 136 cm³/mol. The van der Waals surface area contributed by atoms with E-state index < -0.39 is 47.4 Å². The number of halogens is 2. The van der Waals surface area contributed by atoms with Crippen LogP contribution in [0.1, 0.15) is 89.9 Å². The van der Waals surface area contributed by atoms with Crippen molar-refractivity contribution in [2.45, 2.75) is 89.9 Å². The molecule has 0 aromatic rings. The van der Waals surface area contributed by atoms with E-state index in [4.69, 9.17) is 28.4 Å². The number of hydroxylamine groups is 6. The molecule has 0 aliphatic carbocycles. The number of imide groups is 3. The fourth-order valence-electron chi connectivity index (χ4n) is 3.24. The number of nitrogens with zero attached hydrogens (tertiary/aromatic N) is 3. The van der Waals surface area contributed by atoms with E-state index in [-0.39, 0.29) is 79.8 Å². The first-order chi connectivity index (χ1) is 19.7. The lowest BCUT2D eigenvalue weighted by Gasteiger charge is -2.13. The van der Waals surface area contributed by atoms with Gasteiger partial charge in [0.25, 0.3) is 35.4 Å². The summed E-state index contributed by atoms with van der Waals surface area (Å²) in [6.07, 6.45) is 2.63. The quantitative estimate of drug-likeness (QED) is 0.138. The van der Waals surface area contributed by atoms with Crippen molar-refractivity contribution >= 4 is 81.1 Å². The van der Waals surface area contributed by atoms with Gasteiger partial charge >= 0.3 is 11.9 Å². The highest BCUT2D eigenvalue weighted by molar-refractivity contribution is 6.63. The monoisotopic (exact) mass is 637 g/mol. The van der Waals surface area contributed by atoms with Gasteiger partial charge in [0.1, 0.15) is 0 Å². The summed E-state index contributed by atoms with van der Waals surface area (Å²) in [6, 6.07) is 0. The van der Waals surface area contributed by atoms with E-state index in [1.54, 1.807) is 0 Å². The molecule has 16 nitrogen and oxygen atoms in total. The summed E-state index contributed by atoms with van der Waals surface area (Å²) < 4.78 is 0. The first kappa shape index (κ1) is 36.3. The highest BCUT2D eigenvalue weighted by atomic mass is 35.5.